The first-order valence-electron chi connectivity index (χ1n) is 9.93. The second-order valence-electron chi connectivity index (χ2n) is 7.38. The molecular weight excluding hydrogens is 395 g/mol. The van der Waals surface area contributed by atoms with Crippen molar-refractivity contribution in [3.8, 4) is 0 Å². The number of amides is 2. The summed E-state index contributed by atoms with van der Waals surface area (Å²) in [5.74, 6) is -1.00. The number of nitrogens with zero attached hydrogens (tertiary/aromatic N) is 1. The zero-order valence-electron chi connectivity index (χ0n) is 16.7. The van der Waals surface area contributed by atoms with Gasteiger partial charge in [0.15, 0.2) is 0 Å². The van der Waals surface area contributed by atoms with Crippen molar-refractivity contribution in [3.63, 3.8) is 0 Å². The quantitative estimate of drug-likeness (QED) is 0.292. The first-order chi connectivity index (χ1) is 15.0. The van der Waals surface area contributed by atoms with E-state index < -0.39 is 5.91 Å². The van der Waals surface area contributed by atoms with Gasteiger partial charge in [-0.3, -0.25) is 14.8 Å². The molecule has 2 N–H and O–H groups in total. The maximum Gasteiger partial charge on any atom is 0.274 e. The second kappa shape index (κ2) is 8.93. The number of fused-ring (bicyclic) bond motifs is 1. The van der Waals surface area contributed by atoms with Crippen LogP contribution in [0.5, 0.6) is 0 Å². The van der Waals surface area contributed by atoms with Gasteiger partial charge in [-0.15, -0.1) is 0 Å². The minimum atomic E-state index is -0.560. The number of hydrogen-bond donors (Lipinski definition) is 2. The van der Waals surface area contributed by atoms with E-state index in [0.29, 0.717) is 30.6 Å². The van der Waals surface area contributed by atoms with E-state index >= 15 is 0 Å². The van der Waals surface area contributed by atoms with Crippen molar-refractivity contribution in [1.82, 2.24) is 10.4 Å². The van der Waals surface area contributed by atoms with Gasteiger partial charge >= 0.3 is 0 Å². The molecule has 0 saturated heterocycles. The zero-order valence-corrected chi connectivity index (χ0v) is 16.7. The number of hydrogen-bond acceptors (Lipinski definition) is 3. The van der Waals surface area contributed by atoms with Crippen molar-refractivity contribution in [3.05, 3.63) is 106 Å². The molecule has 0 aliphatic carbocycles. The molecule has 0 aromatic heterocycles. The van der Waals surface area contributed by atoms with Crippen LogP contribution in [0.15, 0.2) is 72.8 Å². The van der Waals surface area contributed by atoms with Gasteiger partial charge < -0.3 is 4.90 Å². The van der Waals surface area contributed by atoms with E-state index in [4.69, 9.17) is 5.21 Å². The van der Waals surface area contributed by atoms with Gasteiger partial charge in [-0.1, -0.05) is 48.5 Å². The highest BCUT2D eigenvalue weighted by molar-refractivity contribution is 6.24. The zero-order chi connectivity index (χ0) is 21.8. The molecule has 0 fully saturated rings. The molecule has 3 aromatic rings. The molecule has 0 atom stereocenters. The highest BCUT2D eigenvalue weighted by Gasteiger charge is 2.25. The number of carbonyl (C=O) groups is 2. The third kappa shape index (κ3) is 4.54. The fraction of sp³-hybridized carbons (Fsp3) is 0.120. The summed E-state index contributed by atoms with van der Waals surface area (Å²) in [7, 11) is 0. The van der Waals surface area contributed by atoms with Crippen LogP contribution in [0.25, 0.3) is 11.6 Å². The molecule has 5 nitrogen and oxygen atoms in total. The smallest absolute Gasteiger partial charge is 0.274 e. The van der Waals surface area contributed by atoms with Gasteiger partial charge in [0, 0.05) is 24.2 Å². The number of rotatable bonds is 4. The van der Waals surface area contributed by atoms with E-state index in [-0.39, 0.29) is 11.7 Å². The third-order valence-corrected chi connectivity index (χ3v) is 5.37. The Hall–Kier alpha value is -3.77. The predicted octanol–water partition coefficient (Wildman–Crippen LogP) is 4.07. The summed E-state index contributed by atoms with van der Waals surface area (Å²) in [6.45, 7) is 0.923. The largest absolute Gasteiger partial charge is 0.334 e. The maximum atomic E-state index is 13.5. The average Bonchev–Trinajstić information content (AvgIpc) is 2.82. The van der Waals surface area contributed by atoms with Crippen LogP contribution in [0.3, 0.4) is 0 Å². The molecule has 0 saturated carbocycles. The predicted molar refractivity (Wildman–Crippen MR) is 116 cm³/mol. The minimum Gasteiger partial charge on any atom is -0.334 e. The van der Waals surface area contributed by atoms with E-state index in [1.54, 1.807) is 40.7 Å². The monoisotopic (exact) mass is 416 g/mol. The summed E-state index contributed by atoms with van der Waals surface area (Å²) in [6.07, 6.45) is 2.38. The molecule has 0 bridgehead atoms. The molecule has 2 amide bonds. The fourth-order valence-electron chi connectivity index (χ4n) is 3.71. The van der Waals surface area contributed by atoms with E-state index in [2.05, 4.69) is 0 Å². The topological polar surface area (TPSA) is 69.6 Å². The molecule has 156 valence electrons. The second-order valence-corrected chi connectivity index (χ2v) is 7.38. The third-order valence-electron chi connectivity index (χ3n) is 5.37. The normalized spacial score (nSPS) is 13.5. The molecule has 0 unspecified atom stereocenters. The molecule has 0 spiro atoms. The fourth-order valence-corrected chi connectivity index (χ4v) is 3.71. The van der Waals surface area contributed by atoms with Gasteiger partial charge in [0.25, 0.3) is 11.8 Å². The standard InChI is InChI=1S/C25H21FN2O3/c26-22-10-6-17(7-11-22)14-23(18-4-2-1-3-5-18)25(30)28-13-12-19-15-20(24(29)27-31)8-9-21(19)16-28/h1-11,14-15,31H,12-13,16H2,(H,27,29)/b23-14+. The molecule has 3 aromatic carbocycles. The molecule has 1 aliphatic rings. The van der Waals surface area contributed by atoms with Crippen LogP contribution < -0.4 is 5.48 Å². The number of carbonyl (C=O) groups excluding carboxylic acids is 2. The molecule has 31 heavy (non-hydrogen) atoms. The van der Waals surface area contributed by atoms with Gasteiger partial charge in [0.05, 0.1) is 0 Å². The van der Waals surface area contributed by atoms with Gasteiger partial charge in [-0.05, 0) is 59.0 Å². The minimum absolute atomic E-state index is 0.113. The van der Waals surface area contributed by atoms with E-state index in [1.807, 2.05) is 36.4 Å². The van der Waals surface area contributed by atoms with Crippen molar-refractivity contribution in [2.24, 2.45) is 0 Å². The summed E-state index contributed by atoms with van der Waals surface area (Å²) in [4.78, 5) is 26.9. The molecule has 0 radical (unpaired) electrons. The van der Waals surface area contributed by atoms with Crippen LogP contribution in [0, 0.1) is 5.82 Å². The Bertz CT molecular complexity index is 1140. The molecule has 4 rings (SSSR count). The summed E-state index contributed by atoms with van der Waals surface area (Å²) < 4.78 is 13.3. The highest BCUT2D eigenvalue weighted by Crippen LogP contribution is 2.26. The summed E-state index contributed by atoms with van der Waals surface area (Å²) in [6, 6.07) is 20.6. The van der Waals surface area contributed by atoms with E-state index in [9.17, 15) is 14.0 Å². The van der Waals surface area contributed by atoms with Crippen LogP contribution in [0.4, 0.5) is 4.39 Å². The van der Waals surface area contributed by atoms with Crippen molar-refractivity contribution in [2.75, 3.05) is 6.54 Å². The van der Waals surface area contributed by atoms with E-state index in [1.165, 1.54) is 12.1 Å². The number of nitrogens with one attached hydrogen (secondary N) is 1. The maximum absolute atomic E-state index is 13.5. The molecular formula is C25H21FN2O3. The van der Waals surface area contributed by atoms with Crippen molar-refractivity contribution >= 4 is 23.5 Å². The SMILES string of the molecule is O=C(NO)c1ccc2c(c1)CCN(C(=O)/C(=C/c1ccc(F)cc1)c1ccccc1)C2. The Morgan fingerprint density at radius 1 is 0.935 bits per heavy atom. The summed E-state index contributed by atoms with van der Waals surface area (Å²) in [5, 5.41) is 8.83. The Morgan fingerprint density at radius 3 is 2.39 bits per heavy atom. The van der Waals surface area contributed by atoms with Crippen molar-refractivity contribution in [2.45, 2.75) is 13.0 Å². The van der Waals surface area contributed by atoms with Crippen molar-refractivity contribution in [1.29, 1.82) is 0 Å². The lowest BCUT2D eigenvalue weighted by molar-refractivity contribution is -0.125. The van der Waals surface area contributed by atoms with Gasteiger partial charge in [-0.25, -0.2) is 9.87 Å². The summed E-state index contributed by atoms with van der Waals surface area (Å²) in [5.41, 5.74) is 6.02. The Labute approximate surface area is 179 Å². The van der Waals surface area contributed by atoms with Crippen LogP contribution in [0.1, 0.15) is 32.6 Å². The van der Waals surface area contributed by atoms with E-state index in [0.717, 1.165) is 22.3 Å². The lowest BCUT2D eigenvalue weighted by atomic mass is 9.95. The van der Waals surface area contributed by atoms with Crippen LogP contribution in [-0.2, 0) is 17.8 Å². The molecule has 1 heterocycles. The van der Waals surface area contributed by atoms with Crippen LogP contribution >= 0.6 is 0 Å². The first kappa shape index (κ1) is 20.5. The van der Waals surface area contributed by atoms with Crippen LogP contribution in [0.2, 0.25) is 0 Å². The Balaban J connectivity index is 1.63. The van der Waals surface area contributed by atoms with Gasteiger partial charge in [0.1, 0.15) is 5.82 Å². The van der Waals surface area contributed by atoms with Crippen molar-refractivity contribution < 1.29 is 19.2 Å². The average molecular weight is 416 g/mol. The number of hydroxylamine groups is 1. The van der Waals surface area contributed by atoms with Crippen LogP contribution in [-0.4, -0.2) is 28.5 Å². The summed E-state index contributed by atoms with van der Waals surface area (Å²) >= 11 is 0. The highest BCUT2D eigenvalue weighted by atomic mass is 19.1. The molecule has 1 aliphatic heterocycles. The number of benzene rings is 3. The Morgan fingerprint density at radius 2 is 1.68 bits per heavy atom. The van der Waals surface area contributed by atoms with Gasteiger partial charge in [-0.2, -0.15) is 0 Å². The van der Waals surface area contributed by atoms with Gasteiger partial charge in [0.2, 0.25) is 0 Å². The lowest BCUT2D eigenvalue weighted by Crippen LogP contribution is -2.36. The first-order valence-corrected chi connectivity index (χ1v) is 9.93. The Kier molecular flexibility index (Phi) is 5.91. The molecule has 6 heteroatoms. The lowest BCUT2D eigenvalue weighted by Gasteiger charge is -2.30. The number of halogens is 1.